The van der Waals surface area contributed by atoms with Crippen LogP contribution in [0.4, 0.5) is 0 Å². The predicted molar refractivity (Wildman–Crippen MR) is 91.5 cm³/mol. The number of thioether (sulfide) groups is 1. The number of carbonyl (C=O) groups excluding carboxylic acids is 1. The predicted octanol–water partition coefficient (Wildman–Crippen LogP) is 1.79. The van der Waals surface area contributed by atoms with Crippen LogP contribution < -0.4 is 0 Å². The van der Waals surface area contributed by atoms with E-state index in [0.29, 0.717) is 25.4 Å². The minimum absolute atomic E-state index is 0.238. The minimum Gasteiger partial charge on any atom is -0.339 e. The normalized spacial score (nSPS) is 27.0. The minimum atomic E-state index is -3.18. The molecule has 2 aliphatic heterocycles. The van der Waals surface area contributed by atoms with Crippen LogP contribution in [0.5, 0.6) is 0 Å². The van der Waals surface area contributed by atoms with Gasteiger partial charge in [-0.15, -0.1) is 0 Å². The number of amides is 1. The molecule has 1 amide bonds. The molecule has 2 atom stereocenters. The Balaban J connectivity index is 2.04. The molecule has 2 fully saturated rings. The molecule has 128 valence electrons. The van der Waals surface area contributed by atoms with Crippen LogP contribution in [-0.2, 0) is 14.8 Å². The molecule has 0 aromatic heterocycles. The third-order valence-electron chi connectivity index (χ3n) is 4.83. The van der Waals surface area contributed by atoms with Crippen LogP contribution in [0, 0.1) is 5.92 Å². The SMILES string of the molecule is CSCCC(=O)N1CCC[C@@H]2CN(S(=O)(=O)C(C)C)CC[C@H]21. The second-order valence-electron chi connectivity index (χ2n) is 6.54. The molecule has 0 spiro atoms. The van der Waals surface area contributed by atoms with Crippen molar-refractivity contribution in [1.29, 1.82) is 0 Å². The van der Waals surface area contributed by atoms with Crippen molar-refractivity contribution in [1.82, 2.24) is 9.21 Å². The summed E-state index contributed by atoms with van der Waals surface area (Å²) in [5.41, 5.74) is 0. The fourth-order valence-electron chi connectivity index (χ4n) is 3.54. The smallest absolute Gasteiger partial charge is 0.223 e. The molecule has 0 radical (unpaired) electrons. The molecule has 0 N–H and O–H groups in total. The van der Waals surface area contributed by atoms with Gasteiger partial charge in [-0.3, -0.25) is 4.79 Å². The van der Waals surface area contributed by atoms with Crippen molar-refractivity contribution < 1.29 is 13.2 Å². The molecular weight excluding hydrogens is 320 g/mol. The summed E-state index contributed by atoms with van der Waals surface area (Å²) >= 11 is 1.70. The van der Waals surface area contributed by atoms with Crippen LogP contribution in [-0.4, -0.2) is 66.5 Å². The molecule has 0 aromatic carbocycles. The molecule has 5 nitrogen and oxygen atoms in total. The average molecular weight is 349 g/mol. The van der Waals surface area contributed by atoms with E-state index in [1.165, 1.54) is 0 Å². The Bertz CT molecular complexity index is 493. The van der Waals surface area contributed by atoms with Gasteiger partial charge in [0.05, 0.1) is 5.25 Å². The Labute approximate surface area is 138 Å². The van der Waals surface area contributed by atoms with Gasteiger partial charge in [0.1, 0.15) is 0 Å². The lowest BCUT2D eigenvalue weighted by Gasteiger charge is -2.47. The molecule has 2 saturated heterocycles. The fraction of sp³-hybridized carbons (Fsp3) is 0.933. The number of rotatable bonds is 5. The highest BCUT2D eigenvalue weighted by Crippen LogP contribution is 2.32. The molecule has 2 rings (SSSR count). The zero-order chi connectivity index (χ0) is 16.3. The monoisotopic (exact) mass is 348 g/mol. The van der Waals surface area contributed by atoms with E-state index in [-0.39, 0.29) is 17.2 Å². The number of carbonyl (C=O) groups is 1. The number of hydrogen-bond donors (Lipinski definition) is 0. The number of sulfonamides is 1. The van der Waals surface area contributed by atoms with E-state index in [4.69, 9.17) is 0 Å². The topological polar surface area (TPSA) is 57.7 Å². The highest BCUT2D eigenvalue weighted by molar-refractivity contribution is 7.98. The second kappa shape index (κ2) is 7.53. The van der Waals surface area contributed by atoms with Crippen LogP contribution in [0.3, 0.4) is 0 Å². The molecule has 2 aliphatic rings. The lowest BCUT2D eigenvalue weighted by atomic mass is 9.84. The summed E-state index contributed by atoms with van der Waals surface area (Å²) in [6.07, 6.45) is 5.41. The molecular formula is C15H28N2O3S2. The van der Waals surface area contributed by atoms with Crippen LogP contribution in [0.15, 0.2) is 0 Å². The molecule has 0 aromatic rings. The van der Waals surface area contributed by atoms with Crippen LogP contribution in [0.1, 0.15) is 39.5 Å². The van der Waals surface area contributed by atoms with Crippen molar-refractivity contribution in [2.75, 3.05) is 31.6 Å². The highest BCUT2D eigenvalue weighted by Gasteiger charge is 2.41. The maximum atomic E-state index is 12.4. The molecule has 0 unspecified atom stereocenters. The van der Waals surface area contributed by atoms with Crippen LogP contribution in [0.25, 0.3) is 0 Å². The lowest BCUT2D eigenvalue weighted by Crippen LogP contribution is -2.57. The van der Waals surface area contributed by atoms with Gasteiger partial charge < -0.3 is 4.90 Å². The van der Waals surface area contributed by atoms with E-state index in [2.05, 4.69) is 0 Å². The number of piperidine rings is 2. The van der Waals surface area contributed by atoms with E-state index in [0.717, 1.165) is 31.6 Å². The molecule has 0 bridgehead atoms. The standard InChI is InChI=1S/C15H28N2O3S2/c1-12(2)22(19,20)16-9-6-14-13(11-16)5-4-8-17(14)15(18)7-10-21-3/h12-14H,4-11H2,1-3H3/t13-,14-/m1/s1. The first-order valence-electron chi connectivity index (χ1n) is 8.15. The zero-order valence-electron chi connectivity index (χ0n) is 13.8. The number of likely N-dealkylation sites (tertiary alicyclic amines) is 1. The van der Waals surface area contributed by atoms with Crippen LogP contribution >= 0.6 is 11.8 Å². The fourth-order valence-corrected chi connectivity index (χ4v) is 5.28. The summed E-state index contributed by atoms with van der Waals surface area (Å²) in [4.78, 5) is 14.4. The summed E-state index contributed by atoms with van der Waals surface area (Å²) in [6, 6.07) is 0.238. The van der Waals surface area contributed by atoms with E-state index in [9.17, 15) is 13.2 Å². The Kier molecular flexibility index (Phi) is 6.19. The maximum Gasteiger partial charge on any atom is 0.223 e. The van der Waals surface area contributed by atoms with E-state index in [1.54, 1.807) is 29.9 Å². The highest BCUT2D eigenvalue weighted by atomic mass is 32.2. The number of fused-ring (bicyclic) bond motifs is 1. The van der Waals surface area contributed by atoms with Gasteiger partial charge >= 0.3 is 0 Å². The number of hydrogen-bond acceptors (Lipinski definition) is 4. The molecule has 0 saturated carbocycles. The summed E-state index contributed by atoms with van der Waals surface area (Å²) in [7, 11) is -3.18. The zero-order valence-corrected chi connectivity index (χ0v) is 15.5. The van der Waals surface area contributed by atoms with Crippen LogP contribution in [0.2, 0.25) is 0 Å². The van der Waals surface area contributed by atoms with Crippen molar-refractivity contribution in [2.45, 2.75) is 50.8 Å². The second-order valence-corrected chi connectivity index (χ2v) is 10.0. The third kappa shape index (κ3) is 3.79. The van der Waals surface area contributed by atoms with Crippen molar-refractivity contribution in [3.63, 3.8) is 0 Å². The van der Waals surface area contributed by atoms with Gasteiger partial charge in [0.25, 0.3) is 0 Å². The summed E-state index contributed by atoms with van der Waals surface area (Å²) in [5, 5.41) is -0.369. The van der Waals surface area contributed by atoms with E-state index >= 15 is 0 Å². The quantitative estimate of drug-likeness (QED) is 0.760. The molecule has 7 heteroatoms. The summed E-state index contributed by atoms with van der Waals surface area (Å²) in [5.74, 6) is 1.40. The van der Waals surface area contributed by atoms with Gasteiger partial charge in [-0.25, -0.2) is 12.7 Å². The van der Waals surface area contributed by atoms with Gasteiger partial charge in [0, 0.05) is 37.8 Å². The first-order valence-corrected chi connectivity index (χ1v) is 11.0. The lowest BCUT2D eigenvalue weighted by molar-refractivity contribution is -0.137. The third-order valence-corrected chi connectivity index (χ3v) is 7.68. The molecule has 22 heavy (non-hydrogen) atoms. The van der Waals surface area contributed by atoms with Gasteiger partial charge in [-0.2, -0.15) is 11.8 Å². The Morgan fingerprint density at radius 1 is 1.27 bits per heavy atom. The summed E-state index contributed by atoms with van der Waals surface area (Å²) < 4.78 is 26.4. The first-order chi connectivity index (χ1) is 10.4. The van der Waals surface area contributed by atoms with Crippen molar-refractivity contribution in [3.05, 3.63) is 0 Å². The Morgan fingerprint density at radius 2 is 2.00 bits per heavy atom. The maximum absolute atomic E-state index is 12.4. The van der Waals surface area contributed by atoms with Crippen molar-refractivity contribution in [2.24, 2.45) is 5.92 Å². The van der Waals surface area contributed by atoms with Gasteiger partial charge in [-0.1, -0.05) is 0 Å². The van der Waals surface area contributed by atoms with Gasteiger partial charge in [-0.05, 0) is 45.3 Å². The first kappa shape index (κ1) is 18.1. The van der Waals surface area contributed by atoms with Gasteiger partial charge in [0.2, 0.25) is 15.9 Å². The van der Waals surface area contributed by atoms with Crippen molar-refractivity contribution >= 4 is 27.7 Å². The molecule has 0 aliphatic carbocycles. The average Bonchev–Trinajstić information content (AvgIpc) is 2.51. The summed E-state index contributed by atoms with van der Waals surface area (Å²) in [6.45, 7) is 5.44. The van der Waals surface area contributed by atoms with Crippen molar-refractivity contribution in [3.8, 4) is 0 Å². The van der Waals surface area contributed by atoms with Gasteiger partial charge in [0.15, 0.2) is 0 Å². The van der Waals surface area contributed by atoms with E-state index < -0.39 is 10.0 Å². The largest absolute Gasteiger partial charge is 0.339 e. The van der Waals surface area contributed by atoms with E-state index in [1.807, 2.05) is 11.2 Å². The Morgan fingerprint density at radius 3 is 2.64 bits per heavy atom. The Hall–Kier alpha value is -0.270. The molecule has 2 heterocycles. The number of nitrogens with zero attached hydrogens (tertiary/aromatic N) is 2.